The van der Waals surface area contributed by atoms with Gasteiger partial charge in [-0.2, -0.15) is 0 Å². The number of rotatable bonds is 3. The van der Waals surface area contributed by atoms with Gasteiger partial charge in [-0.1, -0.05) is 158 Å². The van der Waals surface area contributed by atoms with Crippen molar-refractivity contribution >= 4 is 81.2 Å². The fourth-order valence-corrected chi connectivity index (χ4v) is 8.59. The van der Waals surface area contributed by atoms with E-state index in [1.165, 1.54) is 70.4 Å². The van der Waals surface area contributed by atoms with E-state index in [1.807, 2.05) is 24.3 Å². The first-order valence-electron chi connectivity index (χ1n) is 17.7. The molecule has 0 amide bonds. The van der Waals surface area contributed by atoms with E-state index in [4.69, 9.17) is 11.6 Å². The van der Waals surface area contributed by atoms with Crippen LogP contribution in [0.5, 0.6) is 0 Å². The quantitative estimate of drug-likeness (QED) is 0.137. The SMILES string of the molecule is [C-]#[N+]c1ccc(-c2ccc3c(c2)c2ccccc2c2c4ccccc4nc(-c4ccc(-c5ccc6ccc7cccc8ccc5c6c78)cc4)c32)cc1. The number of nitrogens with zero attached hydrogens (tertiary/aromatic N) is 2. The van der Waals surface area contributed by atoms with Crippen LogP contribution >= 0.6 is 0 Å². The third-order valence-corrected chi connectivity index (χ3v) is 11.0. The van der Waals surface area contributed by atoms with Crippen molar-refractivity contribution in [2.75, 3.05) is 0 Å². The van der Waals surface area contributed by atoms with Gasteiger partial charge in [-0.05, 0) is 88.2 Å². The predicted octanol–water partition coefficient (Wildman–Crippen LogP) is 14.1. The van der Waals surface area contributed by atoms with Crippen molar-refractivity contribution in [1.29, 1.82) is 0 Å². The van der Waals surface area contributed by atoms with Crippen molar-refractivity contribution in [2.24, 2.45) is 0 Å². The summed E-state index contributed by atoms with van der Waals surface area (Å²) in [4.78, 5) is 9.00. The molecule has 0 saturated carbocycles. The number of aromatic nitrogens is 1. The molecule has 11 rings (SSSR count). The highest BCUT2D eigenvalue weighted by Crippen LogP contribution is 2.45. The lowest BCUT2D eigenvalue weighted by molar-refractivity contribution is 1.43. The van der Waals surface area contributed by atoms with E-state index in [2.05, 4.69) is 150 Å². The van der Waals surface area contributed by atoms with Crippen LogP contribution in [0.1, 0.15) is 0 Å². The van der Waals surface area contributed by atoms with Gasteiger partial charge in [0.25, 0.3) is 0 Å². The van der Waals surface area contributed by atoms with Gasteiger partial charge >= 0.3 is 0 Å². The molecule has 10 aromatic carbocycles. The number of benzene rings is 10. The summed E-state index contributed by atoms with van der Waals surface area (Å²) in [5.74, 6) is 0. The molecule has 0 unspecified atom stereocenters. The van der Waals surface area contributed by atoms with Crippen molar-refractivity contribution in [3.63, 3.8) is 0 Å². The van der Waals surface area contributed by atoms with Crippen LogP contribution in [-0.4, -0.2) is 4.98 Å². The molecular weight excluding hydrogens is 629 g/mol. The molecule has 0 spiro atoms. The molecule has 2 nitrogen and oxygen atoms in total. The van der Waals surface area contributed by atoms with E-state index in [-0.39, 0.29) is 0 Å². The van der Waals surface area contributed by atoms with E-state index >= 15 is 0 Å². The lowest BCUT2D eigenvalue weighted by Crippen LogP contribution is -1.93. The molecule has 1 heterocycles. The van der Waals surface area contributed by atoms with Gasteiger partial charge in [0.2, 0.25) is 0 Å². The van der Waals surface area contributed by atoms with Gasteiger partial charge in [-0.3, -0.25) is 0 Å². The molecule has 11 aromatic rings. The van der Waals surface area contributed by atoms with Crippen LogP contribution in [0.15, 0.2) is 170 Å². The molecule has 1 aromatic heterocycles. The molecule has 0 radical (unpaired) electrons. The average molecular weight is 657 g/mol. The fraction of sp³-hybridized carbons (Fsp3) is 0. The van der Waals surface area contributed by atoms with Crippen LogP contribution in [0.25, 0.3) is 114 Å². The second kappa shape index (κ2) is 11.0. The van der Waals surface area contributed by atoms with E-state index < -0.39 is 0 Å². The Hall–Kier alpha value is -7.08. The molecule has 0 aliphatic rings. The summed E-state index contributed by atoms with van der Waals surface area (Å²) < 4.78 is 0. The number of pyridine rings is 1. The van der Waals surface area contributed by atoms with Crippen molar-refractivity contribution in [1.82, 2.24) is 4.98 Å². The summed E-state index contributed by atoms with van der Waals surface area (Å²) in [6.07, 6.45) is 0. The van der Waals surface area contributed by atoms with Gasteiger partial charge in [-0.25, -0.2) is 9.83 Å². The third-order valence-electron chi connectivity index (χ3n) is 11.0. The van der Waals surface area contributed by atoms with E-state index in [9.17, 15) is 0 Å². The summed E-state index contributed by atoms with van der Waals surface area (Å²) in [6, 6.07) is 61.1. The minimum Gasteiger partial charge on any atom is -0.247 e. The second-order valence-corrected chi connectivity index (χ2v) is 13.7. The maximum absolute atomic E-state index is 7.39. The zero-order chi connectivity index (χ0) is 34.3. The van der Waals surface area contributed by atoms with E-state index in [0.717, 1.165) is 38.7 Å². The summed E-state index contributed by atoms with van der Waals surface area (Å²) in [7, 11) is 0. The second-order valence-electron chi connectivity index (χ2n) is 13.7. The van der Waals surface area contributed by atoms with Gasteiger partial charge in [0.1, 0.15) is 0 Å². The van der Waals surface area contributed by atoms with Crippen LogP contribution in [0.4, 0.5) is 5.69 Å². The standard InChI is InChI=1S/C50H28N2/c1-51-37-24-19-30(20-25-37)36-23-28-42-44(29-36)39-9-2-3-10-40(39)48-43-11-4-5-12-45(43)52-50(49(42)48)35-17-13-31(14-18-35)38-26-21-34-16-15-32-7-6-8-33-22-27-41(38)47(34)46(32)33/h2-29H. The highest BCUT2D eigenvalue weighted by molar-refractivity contribution is 6.34. The molecule has 0 N–H and O–H groups in total. The number of fused-ring (bicyclic) bond motifs is 8. The lowest BCUT2D eigenvalue weighted by Gasteiger charge is -2.17. The van der Waals surface area contributed by atoms with Gasteiger partial charge in [0.05, 0.1) is 17.8 Å². The Morgan fingerprint density at radius 1 is 0.365 bits per heavy atom. The summed E-state index contributed by atoms with van der Waals surface area (Å²) >= 11 is 0. The van der Waals surface area contributed by atoms with E-state index in [1.54, 1.807) is 0 Å². The number of para-hydroxylation sites is 1. The minimum absolute atomic E-state index is 0.647. The van der Waals surface area contributed by atoms with Crippen LogP contribution in [0.3, 0.4) is 0 Å². The lowest BCUT2D eigenvalue weighted by atomic mass is 9.88. The van der Waals surface area contributed by atoms with Crippen molar-refractivity contribution in [2.45, 2.75) is 0 Å². The minimum atomic E-state index is 0.647. The molecular formula is C50H28N2. The van der Waals surface area contributed by atoms with Crippen molar-refractivity contribution in [3.05, 3.63) is 181 Å². The molecule has 0 saturated heterocycles. The summed E-state index contributed by atoms with van der Waals surface area (Å²) in [5.41, 5.74) is 8.36. The Balaban J connectivity index is 1.15. The average Bonchev–Trinajstić information content (AvgIpc) is 3.22. The first kappa shape index (κ1) is 28.7. The van der Waals surface area contributed by atoms with Crippen LogP contribution < -0.4 is 0 Å². The molecule has 2 heteroatoms. The Bertz CT molecular complexity index is 3260. The first-order valence-corrected chi connectivity index (χ1v) is 17.7. The maximum atomic E-state index is 7.39. The largest absolute Gasteiger partial charge is 0.247 e. The monoisotopic (exact) mass is 656 g/mol. The highest BCUT2D eigenvalue weighted by Gasteiger charge is 2.19. The third kappa shape index (κ3) is 4.14. The molecule has 0 aliphatic carbocycles. The fourth-order valence-electron chi connectivity index (χ4n) is 8.59. The molecule has 0 fully saturated rings. The van der Waals surface area contributed by atoms with Gasteiger partial charge in [0, 0.05) is 21.7 Å². The zero-order valence-corrected chi connectivity index (χ0v) is 28.1. The molecule has 238 valence electrons. The van der Waals surface area contributed by atoms with Crippen LogP contribution in [0.2, 0.25) is 0 Å². The number of hydrogen-bond donors (Lipinski definition) is 0. The molecule has 0 bridgehead atoms. The predicted molar refractivity (Wildman–Crippen MR) is 221 cm³/mol. The Kier molecular flexibility index (Phi) is 6.05. The Labute approximate surface area is 300 Å². The normalized spacial score (nSPS) is 11.8. The smallest absolute Gasteiger partial charge is 0.187 e. The van der Waals surface area contributed by atoms with Gasteiger partial charge in [-0.15, -0.1) is 0 Å². The topological polar surface area (TPSA) is 17.2 Å². The van der Waals surface area contributed by atoms with Crippen LogP contribution in [0, 0.1) is 6.57 Å². The van der Waals surface area contributed by atoms with Crippen molar-refractivity contribution in [3.8, 4) is 33.5 Å². The molecule has 0 aliphatic heterocycles. The summed E-state index contributed by atoms with van der Waals surface area (Å²) in [5, 5.41) is 16.1. The first-order chi connectivity index (χ1) is 25.7. The van der Waals surface area contributed by atoms with Gasteiger partial charge < -0.3 is 0 Å². The summed E-state index contributed by atoms with van der Waals surface area (Å²) in [6.45, 7) is 7.39. The molecule has 0 atom stereocenters. The van der Waals surface area contributed by atoms with Crippen molar-refractivity contribution < 1.29 is 0 Å². The van der Waals surface area contributed by atoms with Gasteiger partial charge in [0.15, 0.2) is 5.69 Å². The number of hydrogen-bond acceptors (Lipinski definition) is 1. The highest BCUT2D eigenvalue weighted by atomic mass is 14.7. The molecule has 52 heavy (non-hydrogen) atoms. The van der Waals surface area contributed by atoms with Crippen LogP contribution in [-0.2, 0) is 0 Å². The maximum Gasteiger partial charge on any atom is 0.187 e. The Morgan fingerprint density at radius 2 is 0.962 bits per heavy atom. The zero-order valence-electron chi connectivity index (χ0n) is 28.1. The van der Waals surface area contributed by atoms with E-state index in [0.29, 0.717) is 5.69 Å². The Morgan fingerprint density at radius 3 is 1.75 bits per heavy atom.